The second kappa shape index (κ2) is 5.21. The topological polar surface area (TPSA) is 62.5 Å². The molecule has 4 heteroatoms. The van der Waals surface area contributed by atoms with Gasteiger partial charge in [-0.25, -0.2) is 0 Å². The van der Waals surface area contributed by atoms with E-state index < -0.39 is 0 Å². The average molecular weight is 221 g/mol. The number of phenolic OH excluding ortho intramolecular Hbond substituents is 1. The standard InChI is InChI=1S/C10H10O2.C2H5NO/c1-6-7(2)12-10-5-8(11)3-4-9(6)10;1-3-2-4/h3-5,11H,1-2H3;2H,1H3,(H,3,4). The second-order valence-electron chi connectivity index (χ2n) is 3.37. The molecule has 0 radical (unpaired) electrons. The summed E-state index contributed by atoms with van der Waals surface area (Å²) in [6, 6.07) is 5.18. The van der Waals surface area contributed by atoms with Crippen molar-refractivity contribution in [2.75, 3.05) is 7.05 Å². The number of hydrogen-bond donors (Lipinski definition) is 2. The van der Waals surface area contributed by atoms with Crippen LogP contribution in [0.2, 0.25) is 0 Å². The lowest BCUT2D eigenvalue weighted by molar-refractivity contribution is -0.109. The zero-order chi connectivity index (χ0) is 12.1. The minimum Gasteiger partial charge on any atom is -0.508 e. The fourth-order valence-corrected chi connectivity index (χ4v) is 1.34. The molecule has 1 aromatic heterocycles. The van der Waals surface area contributed by atoms with E-state index >= 15 is 0 Å². The lowest BCUT2D eigenvalue weighted by Gasteiger charge is -1.90. The summed E-state index contributed by atoms with van der Waals surface area (Å²) in [4.78, 5) is 9.06. The van der Waals surface area contributed by atoms with E-state index in [9.17, 15) is 5.11 Å². The summed E-state index contributed by atoms with van der Waals surface area (Å²) in [6.45, 7) is 3.94. The van der Waals surface area contributed by atoms with Crippen LogP contribution in [0.15, 0.2) is 22.6 Å². The first-order chi connectivity index (χ1) is 7.60. The molecule has 0 bridgehead atoms. The van der Waals surface area contributed by atoms with Crippen LogP contribution in [0.4, 0.5) is 0 Å². The van der Waals surface area contributed by atoms with Gasteiger partial charge in [0, 0.05) is 18.5 Å². The summed E-state index contributed by atoms with van der Waals surface area (Å²) < 4.78 is 5.42. The number of carbonyl (C=O) groups excluding carboxylic acids is 1. The van der Waals surface area contributed by atoms with E-state index in [4.69, 9.17) is 9.21 Å². The molecule has 0 unspecified atom stereocenters. The highest BCUT2D eigenvalue weighted by Crippen LogP contribution is 2.27. The number of aromatic hydroxyl groups is 1. The van der Waals surface area contributed by atoms with Gasteiger partial charge in [0.1, 0.15) is 17.1 Å². The highest BCUT2D eigenvalue weighted by atomic mass is 16.3. The van der Waals surface area contributed by atoms with Crippen molar-refractivity contribution in [3.63, 3.8) is 0 Å². The van der Waals surface area contributed by atoms with Gasteiger partial charge in [-0.3, -0.25) is 4.79 Å². The van der Waals surface area contributed by atoms with Crippen LogP contribution in [0.3, 0.4) is 0 Å². The van der Waals surface area contributed by atoms with Crippen molar-refractivity contribution in [2.45, 2.75) is 13.8 Å². The number of fused-ring (bicyclic) bond motifs is 1. The molecule has 2 N–H and O–H groups in total. The summed E-state index contributed by atoms with van der Waals surface area (Å²) in [7, 11) is 1.56. The van der Waals surface area contributed by atoms with Gasteiger partial charge >= 0.3 is 0 Å². The van der Waals surface area contributed by atoms with Crippen molar-refractivity contribution in [1.82, 2.24) is 5.32 Å². The Bertz CT molecular complexity index is 488. The minimum absolute atomic E-state index is 0.247. The van der Waals surface area contributed by atoms with E-state index in [1.807, 2.05) is 19.9 Å². The average Bonchev–Trinajstić information content (AvgIpc) is 2.55. The molecule has 0 aliphatic rings. The molecular formula is C12H15NO3. The Morgan fingerprint density at radius 1 is 1.38 bits per heavy atom. The van der Waals surface area contributed by atoms with Gasteiger partial charge in [0.25, 0.3) is 0 Å². The fourth-order valence-electron chi connectivity index (χ4n) is 1.34. The van der Waals surface area contributed by atoms with Gasteiger partial charge < -0.3 is 14.8 Å². The number of phenols is 1. The van der Waals surface area contributed by atoms with Gasteiger partial charge in [0.15, 0.2) is 0 Å². The van der Waals surface area contributed by atoms with Crippen molar-refractivity contribution < 1.29 is 14.3 Å². The normalized spacial score (nSPS) is 9.44. The molecule has 1 amide bonds. The van der Waals surface area contributed by atoms with Gasteiger partial charge in [-0.15, -0.1) is 0 Å². The first kappa shape index (κ1) is 12.1. The smallest absolute Gasteiger partial charge is 0.206 e. The summed E-state index contributed by atoms with van der Waals surface area (Å²) >= 11 is 0. The molecule has 0 atom stereocenters. The number of nitrogens with one attached hydrogen (secondary N) is 1. The maximum atomic E-state index is 9.17. The number of hydrogen-bond acceptors (Lipinski definition) is 3. The molecule has 0 aliphatic carbocycles. The summed E-state index contributed by atoms with van der Waals surface area (Å²) in [5, 5.41) is 12.5. The lowest BCUT2D eigenvalue weighted by Crippen LogP contribution is -1.98. The van der Waals surface area contributed by atoms with Crippen LogP contribution >= 0.6 is 0 Å². The Labute approximate surface area is 93.9 Å². The summed E-state index contributed by atoms with van der Waals surface area (Å²) in [6.07, 6.45) is 0.625. The predicted molar refractivity (Wildman–Crippen MR) is 62.5 cm³/mol. The molecule has 4 nitrogen and oxygen atoms in total. The number of rotatable bonds is 1. The number of benzene rings is 1. The largest absolute Gasteiger partial charge is 0.508 e. The molecule has 2 rings (SSSR count). The number of aryl methyl sites for hydroxylation is 2. The first-order valence-corrected chi connectivity index (χ1v) is 4.89. The van der Waals surface area contributed by atoms with Crippen LogP contribution in [0.5, 0.6) is 5.75 Å². The Morgan fingerprint density at radius 3 is 2.56 bits per heavy atom. The summed E-state index contributed by atoms with van der Waals surface area (Å²) in [5.41, 5.74) is 1.90. The van der Waals surface area contributed by atoms with E-state index in [2.05, 4.69) is 5.32 Å². The number of furan rings is 1. The maximum absolute atomic E-state index is 9.17. The molecule has 16 heavy (non-hydrogen) atoms. The summed E-state index contributed by atoms with van der Waals surface area (Å²) in [5.74, 6) is 1.16. The quantitative estimate of drug-likeness (QED) is 0.725. The third-order valence-corrected chi connectivity index (χ3v) is 2.28. The molecule has 0 spiro atoms. The van der Waals surface area contributed by atoms with E-state index in [1.54, 1.807) is 19.2 Å². The van der Waals surface area contributed by atoms with Crippen LogP contribution in [0, 0.1) is 13.8 Å². The maximum Gasteiger partial charge on any atom is 0.206 e. The highest BCUT2D eigenvalue weighted by molar-refractivity contribution is 5.83. The van der Waals surface area contributed by atoms with Crippen LogP contribution < -0.4 is 5.32 Å². The van der Waals surface area contributed by atoms with Crippen LogP contribution in [0.25, 0.3) is 11.0 Å². The van der Waals surface area contributed by atoms with Crippen molar-refractivity contribution in [3.05, 3.63) is 29.5 Å². The Balaban J connectivity index is 0.000000280. The van der Waals surface area contributed by atoms with E-state index in [0.717, 1.165) is 22.3 Å². The molecular weight excluding hydrogens is 206 g/mol. The van der Waals surface area contributed by atoms with E-state index in [1.165, 1.54) is 0 Å². The molecule has 0 fully saturated rings. The molecule has 1 aromatic carbocycles. The minimum atomic E-state index is 0.247. The fraction of sp³-hybridized carbons (Fsp3) is 0.250. The van der Waals surface area contributed by atoms with Gasteiger partial charge in [0.05, 0.1) is 0 Å². The van der Waals surface area contributed by atoms with Crippen molar-refractivity contribution in [2.24, 2.45) is 0 Å². The molecule has 0 saturated carbocycles. The molecule has 0 aliphatic heterocycles. The third-order valence-electron chi connectivity index (χ3n) is 2.28. The Morgan fingerprint density at radius 2 is 2.00 bits per heavy atom. The predicted octanol–water partition coefficient (Wildman–Crippen LogP) is 2.12. The zero-order valence-electron chi connectivity index (χ0n) is 9.57. The lowest BCUT2D eigenvalue weighted by atomic mass is 10.1. The highest BCUT2D eigenvalue weighted by Gasteiger charge is 2.05. The monoisotopic (exact) mass is 221 g/mol. The van der Waals surface area contributed by atoms with Crippen LogP contribution in [-0.2, 0) is 4.79 Å². The first-order valence-electron chi connectivity index (χ1n) is 4.89. The van der Waals surface area contributed by atoms with Gasteiger partial charge in [-0.2, -0.15) is 0 Å². The molecule has 1 heterocycles. The van der Waals surface area contributed by atoms with E-state index in [0.29, 0.717) is 6.41 Å². The van der Waals surface area contributed by atoms with Crippen LogP contribution in [-0.4, -0.2) is 18.6 Å². The second-order valence-corrected chi connectivity index (χ2v) is 3.37. The molecule has 2 aromatic rings. The van der Waals surface area contributed by atoms with Gasteiger partial charge in [-0.1, -0.05) is 0 Å². The molecule has 0 saturated heterocycles. The van der Waals surface area contributed by atoms with Crippen LogP contribution in [0.1, 0.15) is 11.3 Å². The van der Waals surface area contributed by atoms with Gasteiger partial charge in [-0.05, 0) is 31.5 Å². The molecule has 86 valence electrons. The zero-order valence-corrected chi connectivity index (χ0v) is 9.57. The number of amides is 1. The van der Waals surface area contributed by atoms with Gasteiger partial charge in [0.2, 0.25) is 6.41 Å². The Kier molecular flexibility index (Phi) is 3.94. The van der Waals surface area contributed by atoms with Crippen molar-refractivity contribution >= 4 is 17.4 Å². The van der Waals surface area contributed by atoms with Crippen molar-refractivity contribution in [3.8, 4) is 5.75 Å². The number of carbonyl (C=O) groups is 1. The van der Waals surface area contributed by atoms with E-state index in [-0.39, 0.29) is 5.75 Å². The third kappa shape index (κ3) is 2.53. The SMILES string of the molecule is CNC=O.Cc1oc2cc(O)ccc2c1C. The Hall–Kier alpha value is -1.97. The van der Waals surface area contributed by atoms with Crippen molar-refractivity contribution in [1.29, 1.82) is 0 Å².